The van der Waals surface area contributed by atoms with E-state index in [0.29, 0.717) is 16.3 Å². The number of aromatic nitrogens is 2. The molecule has 0 radical (unpaired) electrons. The zero-order chi connectivity index (χ0) is 16.4. The second-order valence-corrected chi connectivity index (χ2v) is 6.71. The van der Waals surface area contributed by atoms with E-state index < -0.39 is 0 Å². The molecule has 1 aliphatic rings. The van der Waals surface area contributed by atoms with E-state index in [1.54, 1.807) is 24.3 Å². The van der Waals surface area contributed by atoms with E-state index in [4.69, 9.17) is 0 Å². The van der Waals surface area contributed by atoms with Crippen LogP contribution in [-0.4, -0.2) is 45.6 Å². The summed E-state index contributed by atoms with van der Waals surface area (Å²) in [5.74, 6) is -1.04. The lowest BCUT2D eigenvalue weighted by atomic mass is 10.1. The molecule has 0 aliphatic carbocycles. The van der Waals surface area contributed by atoms with Crippen molar-refractivity contribution in [1.29, 1.82) is 0 Å². The van der Waals surface area contributed by atoms with Crippen LogP contribution in [0.25, 0.3) is 0 Å². The van der Waals surface area contributed by atoms with Crippen molar-refractivity contribution in [3.8, 4) is 0 Å². The maximum absolute atomic E-state index is 12.2. The summed E-state index contributed by atoms with van der Waals surface area (Å²) >= 11 is 2.71. The third kappa shape index (κ3) is 3.10. The van der Waals surface area contributed by atoms with Gasteiger partial charge in [-0.1, -0.05) is 35.2 Å². The monoisotopic (exact) mass is 348 g/mol. The van der Waals surface area contributed by atoms with Crippen LogP contribution >= 0.6 is 23.1 Å². The van der Waals surface area contributed by atoms with Crippen LogP contribution < -0.4 is 5.32 Å². The smallest absolute Gasteiger partial charge is 0.261 e. The highest BCUT2D eigenvalue weighted by Gasteiger charge is 2.34. The first kappa shape index (κ1) is 15.6. The van der Waals surface area contributed by atoms with E-state index in [0.717, 1.165) is 9.24 Å². The van der Waals surface area contributed by atoms with Gasteiger partial charge < -0.3 is 5.32 Å². The van der Waals surface area contributed by atoms with Crippen molar-refractivity contribution in [3.63, 3.8) is 0 Å². The molecule has 3 amide bonds. The number of carbonyl (C=O) groups excluding carboxylic acids is 3. The summed E-state index contributed by atoms with van der Waals surface area (Å²) in [5, 5.41) is 10.7. The van der Waals surface area contributed by atoms with Crippen LogP contribution in [0, 0.1) is 0 Å². The lowest BCUT2D eigenvalue weighted by Gasteiger charge is -2.12. The minimum Gasteiger partial charge on any atom is -0.300 e. The molecule has 1 aromatic carbocycles. The minimum absolute atomic E-state index is 0.0135. The van der Waals surface area contributed by atoms with Crippen LogP contribution in [-0.2, 0) is 4.79 Å². The Kier molecular flexibility index (Phi) is 4.39. The van der Waals surface area contributed by atoms with E-state index in [1.807, 2.05) is 6.26 Å². The van der Waals surface area contributed by atoms with Crippen molar-refractivity contribution in [2.24, 2.45) is 0 Å². The summed E-state index contributed by atoms with van der Waals surface area (Å²) in [7, 11) is 0. The molecular formula is C14H12N4O3S2. The predicted molar refractivity (Wildman–Crippen MR) is 86.7 cm³/mol. The highest BCUT2D eigenvalue weighted by Crippen LogP contribution is 2.24. The molecule has 0 fully saturated rings. The Labute approximate surface area is 140 Å². The molecule has 0 saturated carbocycles. The quantitative estimate of drug-likeness (QED) is 0.504. The molecule has 3 rings (SSSR count). The fourth-order valence-electron chi connectivity index (χ4n) is 2.18. The van der Waals surface area contributed by atoms with Gasteiger partial charge in [0.15, 0.2) is 4.34 Å². The number of nitrogens with zero attached hydrogens (tertiary/aromatic N) is 3. The third-order valence-corrected chi connectivity index (χ3v) is 5.08. The number of anilines is 1. The van der Waals surface area contributed by atoms with Gasteiger partial charge in [-0.2, -0.15) is 0 Å². The molecule has 118 valence electrons. The van der Waals surface area contributed by atoms with Crippen molar-refractivity contribution in [2.75, 3.05) is 18.1 Å². The average molecular weight is 348 g/mol. The first-order valence-electron chi connectivity index (χ1n) is 6.72. The zero-order valence-corrected chi connectivity index (χ0v) is 13.7. The van der Waals surface area contributed by atoms with E-state index >= 15 is 0 Å². The summed E-state index contributed by atoms with van der Waals surface area (Å²) in [6.45, 7) is 0.0341. The first-order chi connectivity index (χ1) is 11.1. The third-order valence-electron chi connectivity index (χ3n) is 3.27. The second kappa shape index (κ2) is 6.47. The lowest BCUT2D eigenvalue weighted by molar-refractivity contribution is -0.116. The van der Waals surface area contributed by atoms with E-state index in [9.17, 15) is 14.4 Å². The maximum Gasteiger partial charge on any atom is 0.261 e. The fraction of sp³-hybridized carbons (Fsp3) is 0.214. The number of fused-ring (bicyclic) bond motifs is 1. The molecule has 9 heteroatoms. The molecular weight excluding hydrogens is 336 g/mol. The van der Waals surface area contributed by atoms with E-state index in [-0.39, 0.29) is 30.7 Å². The Bertz CT molecular complexity index is 755. The maximum atomic E-state index is 12.2. The van der Waals surface area contributed by atoms with Gasteiger partial charge in [0.05, 0.1) is 11.1 Å². The van der Waals surface area contributed by atoms with Crippen LogP contribution in [0.2, 0.25) is 0 Å². The van der Waals surface area contributed by atoms with Crippen LogP contribution in [0.4, 0.5) is 5.13 Å². The van der Waals surface area contributed by atoms with Gasteiger partial charge in [0.2, 0.25) is 11.0 Å². The number of imide groups is 1. The van der Waals surface area contributed by atoms with Crippen molar-refractivity contribution >= 4 is 46.0 Å². The van der Waals surface area contributed by atoms with Gasteiger partial charge >= 0.3 is 0 Å². The zero-order valence-electron chi connectivity index (χ0n) is 12.1. The largest absolute Gasteiger partial charge is 0.300 e. The van der Waals surface area contributed by atoms with Crippen molar-refractivity contribution in [3.05, 3.63) is 35.4 Å². The molecule has 23 heavy (non-hydrogen) atoms. The molecule has 0 unspecified atom stereocenters. The highest BCUT2D eigenvalue weighted by atomic mass is 32.2. The summed E-state index contributed by atoms with van der Waals surface area (Å²) < 4.78 is 0.751. The van der Waals surface area contributed by atoms with Crippen LogP contribution in [0.3, 0.4) is 0 Å². The summed E-state index contributed by atoms with van der Waals surface area (Å²) in [5.41, 5.74) is 0.762. The van der Waals surface area contributed by atoms with Crippen molar-refractivity contribution < 1.29 is 14.4 Å². The van der Waals surface area contributed by atoms with Gasteiger partial charge in [-0.05, 0) is 18.4 Å². The normalized spacial score (nSPS) is 13.3. The molecule has 1 aromatic heterocycles. The number of hydrogen-bond donors (Lipinski definition) is 1. The molecule has 0 spiro atoms. The van der Waals surface area contributed by atoms with Crippen molar-refractivity contribution in [1.82, 2.24) is 15.1 Å². The van der Waals surface area contributed by atoms with Gasteiger partial charge in [0.1, 0.15) is 0 Å². The summed E-state index contributed by atoms with van der Waals surface area (Å²) in [6, 6.07) is 6.64. The van der Waals surface area contributed by atoms with Crippen LogP contribution in [0.15, 0.2) is 28.6 Å². The van der Waals surface area contributed by atoms with Crippen molar-refractivity contribution in [2.45, 2.75) is 10.8 Å². The Balaban J connectivity index is 1.59. The fourth-order valence-corrected chi connectivity index (χ4v) is 3.37. The molecule has 0 bridgehead atoms. The number of thioether (sulfide) groups is 1. The number of hydrogen-bond acceptors (Lipinski definition) is 7. The lowest BCUT2D eigenvalue weighted by Crippen LogP contribution is -2.32. The topological polar surface area (TPSA) is 92.3 Å². The van der Waals surface area contributed by atoms with Crippen LogP contribution in [0.5, 0.6) is 0 Å². The molecule has 0 atom stereocenters. The minimum atomic E-state index is -0.362. The Morgan fingerprint density at radius 3 is 2.43 bits per heavy atom. The molecule has 2 heterocycles. The second-order valence-electron chi connectivity index (χ2n) is 4.68. The Morgan fingerprint density at radius 2 is 1.87 bits per heavy atom. The molecule has 0 saturated heterocycles. The average Bonchev–Trinajstić information content (AvgIpc) is 3.10. The Hall–Kier alpha value is -2.26. The van der Waals surface area contributed by atoms with E-state index in [2.05, 4.69) is 15.5 Å². The van der Waals surface area contributed by atoms with Crippen LogP contribution in [0.1, 0.15) is 27.1 Å². The summed E-state index contributed by atoms with van der Waals surface area (Å²) in [6.07, 6.45) is 1.88. The standard InChI is InChI=1S/C14H12N4O3S2/c1-22-14-17-16-13(23-14)15-10(19)6-7-18-11(20)8-4-2-3-5-9(8)12(18)21/h2-5H,6-7H2,1H3,(H,15,16,19). The molecule has 1 N–H and O–H groups in total. The van der Waals surface area contributed by atoms with E-state index in [1.165, 1.54) is 23.1 Å². The predicted octanol–water partition coefficient (Wildman–Crippen LogP) is 1.88. The van der Waals surface area contributed by atoms with Gasteiger partial charge in [-0.25, -0.2) is 0 Å². The number of nitrogens with one attached hydrogen (secondary N) is 1. The first-order valence-corrected chi connectivity index (χ1v) is 8.77. The molecule has 2 aromatic rings. The summed E-state index contributed by atoms with van der Waals surface area (Å²) in [4.78, 5) is 37.4. The number of benzene rings is 1. The molecule has 1 aliphatic heterocycles. The number of carbonyl (C=O) groups is 3. The van der Waals surface area contributed by atoms with Gasteiger partial charge in [-0.3, -0.25) is 19.3 Å². The van der Waals surface area contributed by atoms with Gasteiger partial charge in [0.25, 0.3) is 11.8 Å². The highest BCUT2D eigenvalue weighted by molar-refractivity contribution is 8.00. The Morgan fingerprint density at radius 1 is 1.22 bits per heavy atom. The SMILES string of the molecule is CSc1nnc(NC(=O)CCN2C(=O)c3ccccc3C2=O)s1. The van der Waals surface area contributed by atoms with Gasteiger partial charge in [-0.15, -0.1) is 10.2 Å². The number of rotatable bonds is 5. The number of amides is 3. The molecule has 7 nitrogen and oxygen atoms in total. The van der Waals surface area contributed by atoms with Gasteiger partial charge in [0, 0.05) is 13.0 Å².